The lowest BCUT2D eigenvalue weighted by atomic mass is 9.96. The topological polar surface area (TPSA) is 87.9 Å². The highest BCUT2D eigenvalue weighted by Gasteiger charge is 2.28. The van der Waals surface area contributed by atoms with Crippen molar-refractivity contribution >= 4 is 30.5 Å². The van der Waals surface area contributed by atoms with E-state index in [1.165, 1.54) is 19.2 Å². The number of aromatic hydroxyl groups is 1. The summed E-state index contributed by atoms with van der Waals surface area (Å²) in [5.41, 5.74) is 0.550. The number of halogens is 2. The van der Waals surface area contributed by atoms with Crippen molar-refractivity contribution in [2.24, 2.45) is 0 Å². The van der Waals surface area contributed by atoms with Crippen molar-refractivity contribution in [2.45, 2.75) is 38.6 Å². The van der Waals surface area contributed by atoms with Crippen LogP contribution in [0.3, 0.4) is 0 Å². The molecule has 0 radical (unpaired) electrons. The second-order valence-electron chi connectivity index (χ2n) is 6.14. The number of non-ortho nitro benzene ring substituents is 1. The molecule has 1 heterocycles. The number of ether oxygens (including phenoxy) is 1. The second kappa shape index (κ2) is 12.2. The van der Waals surface area contributed by atoms with Crippen LogP contribution in [0.1, 0.15) is 44.2 Å². The monoisotopic (exact) mass is 409 g/mol. The number of unbranched alkanes of at least 4 members (excludes halogenated alkanes) is 2. The van der Waals surface area contributed by atoms with Gasteiger partial charge in [0, 0.05) is 43.9 Å². The molecule has 150 valence electrons. The van der Waals surface area contributed by atoms with Gasteiger partial charge in [-0.25, -0.2) is 0 Å². The average molecular weight is 410 g/mol. The molecule has 1 atom stereocenters. The van der Waals surface area contributed by atoms with E-state index >= 15 is 0 Å². The minimum Gasteiger partial charge on any atom is -0.504 e. The number of piperazine rings is 1. The number of hydrogen-bond acceptors (Lipinski definition) is 6. The van der Waals surface area contributed by atoms with Crippen molar-refractivity contribution in [3.8, 4) is 11.5 Å². The number of rotatable bonds is 8. The van der Waals surface area contributed by atoms with Gasteiger partial charge in [-0.05, 0) is 6.42 Å². The number of nitrogens with one attached hydrogen (secondary N) is 1. The maximum Gasteiger partial charge on any atom is 0.273 e. The predicted molar refractivity (Wildman–Crippen MR) is 107 cm³/mol. The molecule has 1 saturated heterocycles. The van der Waals surface area contributed by atoms with Gasteiger partial charge in [0.1, 0.15) is 0 Å². The summed E-state index contributed by atoms with van der Waals surface area (Å²) >= 11 is 0. The summed E-state index contributed by atoms with van der Waals surface area (Å²) in [6.07, 6.45) is 4.11. The van der Waals surface area contributed by atoms with Gasteiger partial charge in [-0.3, -0.25) is 15.0 Å². The van der Waals surface area contributed by atoms with Crippen molar-refractivity contribution in [3.63, 3.8) is 0 Å². The van der Waals surface area contributed by atoms with Crippen LogP contribution in [0.25, 0.3) is 0 Å². The van der Waals surface area contributed by atoms with Crippen LogP contribution in [-0.2, 0) is 0 Å². The summed E-state index contributed by atoms with van der Waals surface area (Å²) in [7, 11) is 1.42. The predicted octanol–water partition coefficient (Wildman–Crippen LogP) is 3.68. The zero-order chi connectivity index (χ0) is 17.5. The molecule has 0 saturated carbocycles. The molecule has 1 aliphatic heterocycles. The first-order valence-corrected chi connectivity index (χ1v) is 8.58. The van der Waals surface area contributed by atoms with Crippen LogP contribution in [0.4, 0.5) is 5.69 Å². The lowest BCUT2D eigenvalue weighted by Gasteiger charge is -2.35. The molecule has 0 aliphatic carbocycles. The Bertz CT molecular complexity index is 569. The number of phenols is 1. The number of nitrogens with zero attached hydrogens (tertiary/aromatic N) is 2. The summed E-state index contributed by atoms with van der Waals surface area (Å²) in [6, 6.07) is 2.74. The van der Waals surface area contributed by atoms with E-state index in [0.29, 0.717) is 5.56 Å². The van der Waals surface area contributed by atoms with Crippen LogP contribution in [-0.4, -0.2) is 48.2 Å². The van der Waals surface area contributed by atoms with E-state index in [4.69, 9.17) is 4.74 Å². The zero-order valence-corrected chi connectivity index (χ0v) is 16.9. The van der Waals surface area contributed by atoms with Crippen molar-refractivity contribution in [1.29, 1.82) is 0 Å². The van der Waals surface area contributed by atoms with E-state index in [2.05, 4.69) is 17.1 Å². The highest BCUT2D eigenvalue weighted by atomic mass is 35.5. The van der Waals surface area contributed by atoms with Crippen molar-refractivity contribution in [2.75, 3.05) is 33.3 Å². The molecular weight excluding hydrogens is 381 g/mol. The van der Waals surface area contributed by atoms with Crippen LogP contribution in [0.15, 0.2) is 12.1 Å². The molecule has 1 fully saturated rings. The van der Waals surface area contributed by atoms with E-state index in [9.17, 15) is 15.2 Å². The smallest absolute Gasteiger partial charge is 0.273 e. The molecule has 0 aromatic heterocycles. The van der Waals surface area contributed by atoms with Crippen LogP contribution >= 0.6 is 24.8 Å². The summed E-state index contributed by atoms with van der Waals surface area (Å²) < 4.78 is 5.15. The van der Waals surface area contributed by atoms with Gasteiger partial charge in [-0.1, -0.05) is 26.2 Å². The Labute approximate surface area is 167 Å². The Kier molecular flexibility index (Phi) is 11.6. The molecule has 2 N–H and O–H groups in total. The Balaban J connectivity index is 0.00000312. The molecule has 1 aliphatic rings. The number of hydrogen-bond donors (Lipinski definition) is 2. The maximum atomic E-state index is 11.2. The zero-order valence-electron chi connectivity index (χ0n) is 15.3. The highest BCUT2D eigenvalue weighted by molar-refractivity contribution is 5.85. The molecule has 1 aromatic rings. The minimum absolute atomic E-state index is 0. The number of phenolic OH excluding ortho intramolecular Hbond substituents is 1. The third kappa shape index (κ3) is 6.16. The first-order chi connectivity index (χ1) is 11.6. The van der Waals surface area contributed by atoms with E-state index in [-0.39, 0.29) is 48.0 Å². The van der Waals surface area contributed by atoms with E-state index < -0.39 is 4.92 Å². The van der Waals surface area contributed by atoms with Crippen molar-refractivity contribution in [1.82, 2.24) is 10.2 Å². The Morgan fingerprint density at radius 3 is 2.50 bits per heavy atom. The fourth-order valence-electron chi connectivity index (χ4n) is 3.25. The van der Waals surface area contributed by atoms with E-state index in [1.807, 2.05) is 0 Å². The number of nitro groups is 1. The molecule has 2 rings (SSSR count). The van der Waals surface area contributed by atoms with E-state index in [1.54, 1.807) is 0 Å². The molecule has 0 bridgehead atoms. The first-order valence-electron chi connectivity index (χ1n) is 8.58. The fraction of sp³-hybridized carbons (Fsp3) is 0.647. The third-order valence-electron chi connectivity index (χ3n) is 4.55. The highest BCUT2D eigenvalue weighted by Crippen LogP contribution is 2.41. The molecule has 9 heteroatoms. The number of benzene rings is 1. The van der Waals surface area contributed by atoms with Gasteiger partial charge in [-0.2, -0.15) is 0 Å². The van der Waals surface area contributed by atoms with Crippen LogP contribution in [0.5, 0.6) is 11.5 Å². The molecule has 7 nitrogen and oxygen atoms in total. The lowest BCUT2D eigenvalue weighted by Crippen LogP contribution is -2.45. The SMILES string of the molecule is CCCCC[C@H](c1cc([N+](=O)[O-])cc(OC)c1O)N1CCNCC1.Cl.Cl. The Morgan fingerprint density at radius 1 is 1.31 bits per heavy atom. The van der Waals surface area contributed by atoms with Gasteiger partial charge in [0.15, 0.2) is 11.5 Å². The average Bonchev–Trinajstić information content (AvgIpc) is 2.60. The van der Waals surface area contributed by atoms with Gasteiger partial charge in [0.2, 0.25) is 0 Å². The standard InChI is InChI=1S/C17H27N3O4.2ClH/c1-3-4-5-6-15(19-9-7-18-8-10-19)14-11-13(20(22)23)12-16(24-2)17(14)21;;/h11-12,15,18,21H,3-10H2,1-2H3;2*1H/t15-;;/m1../s1. The Morgan fingerprint density at radius 2 is 1.96 bits per heavy atom. The van der Waals surface area contributed by atoms with Crippen molar-refractivity contribution in [3.05, 3.63) is 27.8 Å². The second-order valence-corrected chi connectivity index (χ2v) is 6.14. The summed E-state index contributed by atoms with van der Waals surface area (Å²) in [5, 5.41) is 25.1. The summed E-state index contributed by atoms with van der Waals surface area (Å²) in [4.78, 5) is 13.1. The lowest BCUT2D eigenvalue weighted by molar-refractivity contribution is -0.385. The number of nitro benzene ring substituents is 1. The normalized spacial score (nSPS) is 15.5. The molecule has 0 amide bonds. The summed E-state index contributed by atoms with van der Waals surface area (Å²) in [6.45, 7) is 5.64. The molecule has 26 heavy (non-hydrogen) atoms. The first kappa shape index (κ1) is 24.7. The quantitative estimate of drug-likeness (QED) is 0.386. The van der Waals surface area contributed by atoms with Gasteiger partial charge in [0.05, 0.1) is 18.1 Å². The molecular formula is C17H29Cl2N3O4. The van der Waals surface area contributed by atoms with Gasteiger partial charge in [-0.15, -0.1) is 24.8 Å². The van der Waals surface area contributed by atoms with Crippen molar-refractivity contribution < 1.29 is 14.8 Å². The van der Waals surface area contributed by atoms with E-state index in [0.717, 1.165) is 51.9 Å². The minimum atomic E-state index is -0.438. The summed E-state index contributed by atoms with van der Waals surface area (Å²) in [5.74, 6) is 0.179. The fourth-order valence-corrected chi connectivity index (χ4v) is 3.25. The Hall–Kier alpha value is -1.28. The largest absolute Gasteiger partial charge is 0.504 e. The molecule has 0 spiro atoms. The third-order valence-corrected chi connectivity index (χ3v) is 4.55. The molecule has 1 aromatic carbocycles. The maximum absolute atomic E-state index is 11.2. The van der Waals surface area contributed by atoms with Crippen LogP contribution < -0.4 is 10.1 Å². The van der Waals surface area contributed by atoms with Gasteiger partial charge in [0.25, 0.3) is 5.69 Å². The van der Waals surface area contributed by atoms with Crippen LogP contribution in [0, 0.1) is 10.1 Å². The van der Waals surface area contributed by atoms with Gasteiger partial charge >= 0.3 is 0 Å². The number of methoxy groups -OCH3 is 1. The molecule has 0 unspecified atom stereocenters. The van der Waals surface area contributed by atoms with Crippen LogP contribution in [0.2, 0.25) is 0 Å². The van der Waals surface area contributed by atoms with Gasteiger partial charge < -0.3 is 15.2 Å².